The van der Waals surface area contributed by atoms with Crippen molar-refractivity contribution in [1.29, 1.82) is 0 Å². The van der Waals surface area contributed by atoms with Crippen molar-refractivity contribution in [2.45, 2.75) is 77.9 Å². The van der Waals surface area contributed by atoms with Gasteiger partial charge in [0.15, 0.2) is 0 Å². The van der Waals surface area contributed by atoms with Crippen molar-refractivity contribution in [3.05, 3.63) is 101 Å². The standard InChI is InChI=1S/C33H35F3N4O4.C2H6/c1-4-12-24(18-17-22(2)33(34,35)36)27-25-15-8-9-16-26(25)40(3)29(41)28(37-27)38-30(42)32(19-10-11-20-32)39-31(43)44-21-23-13-6-5-7-14-23;1-2/h4-9,12-18,28H,10-11,19-21H2,1-3H3,(H,38,42)(H,39,43);1-2H3/b12-4-,22-17+,24-18+;. The van der Waals surface area contributed by atoms with E-state index in [1.54, 1.807) is 43.3 Å². The first-order valence-electron chi connectivity index (χ1n) is 15.3. The van der Waals surface area contributed by atoms with E-state index in [0.717, 1.165) is 18.6 Å². The van der Waals surface area contributed by atoms with Crippen LogP contribution < -0.4 is 15.5 Å². The molecule has 1 aliphatic carbocycles. The average molecular weight is 639 g/mol. The molecule has 1 atom stereocenters. The highest BCUT2D eigenvalue weighted by Gasteiger charge is 2.45. The summed E-state index contributed by atoms with van der Waals surface area (Å²) in [5.41, 5.74) is 0.155. The van der Waals surface area contributed by atoms with Gasteiger partial charge in [0, 0.05) is 23.8 Å². The van der Waals surface area contributed by atoms with E-state index < -0.39 is 41.4 Å². The number of hydrogen-bond acceptors (Lipinski definition) is 5. The Labute approximate surface area is 268 Å². The molecular weight excluding hydrogens is 597 g/mol. The highest BCUT2D eigenvalue weighted by Crippen LogP contribution is 2.32. The van der Waals surface area contributed by atoms with Crippen molar-refractivity contribution < 1.29 is 32.3 Å². The summed E-state index contributed by atoms with van der Waals surface area (Å²) in [5, 5.41) is 5.45. The molecule has 0 spiro atoms. The fourth-order valence-electron chi connectivity index (χ4n) is 5.15. The van der Waals surface area contributed by atoms with Gasteiger partial charge in [-0.3, -0.25) is 9.59 Å². The van der Waals surface area contributed by atoms with Crippen LogP contribution in [0.25, 0.3) is 0 Å². The minimum absolute atomic E-state index is 0.0184. The minimum atomic E-state index is -4.52. The summed E-state index contributed by atoms with van der Waals surface area (Å²) in [7, 11) is 1.54. The number of ether oxygens (including phenoxy) is 1. The predicted octanol–water partition coefficient (Wildman–Crippen LogP) is 7.17. The Morgan fingerprint density at radius 2 is 1.67 bits per heavy atom. The van der Waals surface area contributed by atoms with Crippen molar-refractivity contribution in [3.8, 4) is 0 Å². The van der Waals surface area contributed by atoms with Gasteiger partial charge in [0.1, 0.15) is 12.1 Å². The molecule has 3 amide bonds. The summed E-state index contributed by atoms with van der Waals surface area (Å²) in [6, 6.07) is 16.0. The molecule has 246 valence electrons. The number of benzodiazepines with no additional fused rings is 1. The van der Waals surface area contributed by atoms with Crippen LogP contribution >= 0.6 is 0 Å². The van der Waals surface area contributed by atoms with E-state index in [2.05, 4.69) is 15.6 Å². The molecule has 1 saturated carbocycles. The number of carbonyl (C=O) groups excluding carboxylic acids is 3. The Morgan fingerprint density at radius 1 is 1.04 bits per heavy atom. The van der Waals surface area contributed by atoms with Gasteiger partial charge in [0.2, 0.25) is 12.1 Å². The van der Waals surface area contributed by atoms with Gasteiger partial charge in [-0.25, -0.2) is 9.79 Å². The second kappa shape index (κ2) is 16.1. The van der Waals surface area contributed by atoms with Crippen LogP contribution in [0.4, 0.5) is 23.7 Å². The maximum absolute atomic E-state index is 13.8. The van der Waals surface area contributed by atoms with Crippen LogP contribution in [0.3, 0.4) is 0 Å². The molecule has 2 N–H and O–H groups in total. The number of fused-ring (bicyclic) bond motifs is 1. The van der Waals surface area contributed by atoms with Gasteiger partial charge in [0.05, 0.1) is 11.4 Å². The number of nitrogens with zero attached hydrogens (tertiary/aromatic N) is 2. The smallest absolute Gasteiger partial charge is 0.412 e. The Bertz CT molecular complexity index is 1510. The second-order valence-corrected chi connectivity index (χ2v) is 10.7. The molecule has 0 radical (unpaired) electrons. The Balaban J connectivity index is 0.00000282. The lowest BCUT2D eigenvalue weighted by Crippen LogP contribution is -2.60. The van der Waals surface area contributed by atoms with Crippen LogP contribution in [0.5, 0.6) is 0 Å². The number of hydrogen-bond donors (Lipinski definition) is 2. The van der Waals surface area contributed by atoms with E-state index in [1.165, 1.54) is 18.0 Å². The largest absolute Gasteiger partial charge is 0.445 e. The number of aliphatic imine (C=N–C) groups is 1. The minimum Gasteiger partial charge on any atom is -0.445 e. The predicted molar refractivity (Wildman–Crippen MR) is 173 cm³/mol. The van der Waals surface area contributed by atoms with Gasteiger partial charge in [-0.1, -0.05) is 99.5 Å². The molecule has 2 aliphatic rings. The van der Waals surface area contributed by atoms with Crippen LogP contribution in [-0.4, -0.2) is 48.5 Å². The molecule has 4 rings (SSSR count). The van der Waals surface area contributed by atoms with Gasteiger partial charge in [0.25, 0.3) is 5.91 Å². The fraction of sp³-hybridized carbons (Fsp3) is 0.371. The molecule has 11 heteroatoms. The van der Waals surface area contributed by atoms with Crippen molar-refractivity contribution in [1.82, 2.24) is 10.6 Å². The number of anilines is 1. The van der Waals surface area contributed by atoms with E-state index in [9.17, 15) is 27.6 Å². The van der Waals surface area contributed by atoms with E-state index >= 15 is 0 Å². The normalized spacial score (nSPS) is 18.2. The Kier molecular flexibility index (Phi) is 12.5. The summed E-state index contributed by atoms with van der Waals surface area (Å²) in [5.74, 6) is -1.15. The van der Waals surface area contributed by atoms with Gasteiger partial charge < -0.3 is 20.3 Å². The Morgan fingerprint density at radius 3 is 2.30 bits per heavy atom. The zero-order valence-electron chi connectivity index (χ0n) is 26.8. The lowest BCUT2D eigenvalue weighted by molar-refractivity contribution is -0.131. The third-order valence-electron chi connectivity index (χ3n) is 7.64. The lowest BCUT2D eigenvalue weighted by atomic mass is 9.96. The topological polar surface area (TPSA) is 100 Å². The molecular formula is C35H41F3N4O4. The van der Waals surface area contributed by atoms with Crippen molar-refractivity contribution in [2.24, 2.45) is 4.99 Å². The third-order valence-corrected chi connectivity index (χ3v) is 7.64. The molecule has 2 aromatic carbocycles. The lowest BCUT2D eigenvalue weighted by Gasteiger charge is -2.30. The SMILES string of the molecule is CC.C\C=C/C(=C\C=C(/C)C(F)(F)F)C1=NC(NC(=O)C2(NC(=O)OCc3ccccc3)CCCC2)C(=O)N(C)c2ccccc21. The molecule has 0 aromatic heterocycles. The zero-order valence-corrected chi connectivity index (χ0v) is 26.8. The molecule has 1 heterocycles. The highest BCUT2D eigenvalue weighted by atomic mass is 19.4. The molecule has 1 unspecified atom stereocenters. The van der Waals surface area contributed by atoms with Crippen LogP contribution in [-0.2, 0) is 20.9 Å². The number of alkyl carbamates (subject to hydrolysis) is 1. The molecule has 0 saturated heterocycles. The van der Waals surface area contributed by atoms with Gasteiger partial charge in [-0.15, -0.1) is 0 Å². The second-order valence-electron chi connectivity index (χ2n) is 10.7. The number of para-hydroxylation sites is 1. The Hall–Kier alpha value is -4.67. The van der Waals surface area contributed by atoms with Crippen molar-refractivity contribution >= 4 is 29.3 Å². The number of benzene rings is 2. The summed E-state index contributed by atoms with van der Waals surface area (Å²) < 4.78 is 45.2. The number of amides is 3. The average Bonchev–Trinajstić information content (AvgIpc) is 3.50. The summed E-state index contributed by atoms with van der Waals surface area (Å²) >= 11 is 0. The maximum Gasteiger partial charge on any atom is 0.412 e. The van der Waals surface area contributed by atoms with E-state index in [4.69, 9.17) is 4.74 Å². The van der Waals surface area contributed by atoms with Crippen molar-refractivity contribution in [3.63, 3.8) is 0 Å². The van der Waals surface area contributed by atoms with E-state index in [-0.39, 0.29) is 12.3 Å². The monoisotopic (exact) mass is 638 g/mol. The van der Waals surface area contributed by atoms with Crippen LogP contribution in [0.2, 0.25) is 0 Å². The first kappa shape index (κ1) is 35.8. The van der Waals surface area contributed by atoms with Crippen LogP contribution in [0.1, 0.15) is 64.5 Å². The number of nitrogens with one attached hydrogen (secondary N) is 2. The summed E-state index contributed by atoms with van der Waals surface area (Å²) in [6.45, 7) is 6.69. The van der Waals surface area contributed by atoms with Gasteiger partial charge in [-0.2, -0.15) is 13.2 Å². The number of alkyl halides is 3. The summed E-state index contributed by atoms with van der Waals surface area (Å²) in [4.78, 5) is 46.3. The summed E-state index contributed by atoms with van der Waals surface area (Å²) in [6.07, 6.45) is 0.776. The quantitative estimate of drug-likeness (QED) is 0.300. The van der Waals surface area contributed by atoms with E-state index in [1.807, 2.05) is 44.2 Å². The molecule has 1 aliphatic heterocycles. The fourth-order valence-corrected chi connectivity index (χ4v) is 5.15. The maximum atomic E-state index is 13.8. The molecule has 46 heavy (non-hydrogen) atoms. The molecule has 2 aromatic rings. The molecule has 0 bridgehead atoms. The third kappa shape index (κ3) is 8.74. The number of likely N-dealkylation sites (N-methyl/N-ethyl adjacent to an activating group) is 1. The van der Waals surface area contributed by atoms with Gasteiger partial charge >= 0.3 is 12.3 Å². The van der Waals surface area contributed by atoms with Crippen LogP contribution in [0, 0.1) is 0 Å². The number of carbonyl (C=O) groups is 3. The van der Waals surface area contributed by atoms with E-state index in [0.29, 0.717) is 42.5 Å². The van der Waals surface area contributed by atoms with Gasteiger partial charge in [-0.05, 0) is 38.3 Å². The molecule has 1 fully saturated rings. The van der Waals surface area contributed by atoms with Crippen molar-refractivity contribution in [2.75, 3.05) is 11.9 Å². The first-order valence-corrected chi connectivity index (χ1v) is 15.3. The number of rotatable bonds is 8. The zero-order chi connectivity index (χ0) is 33.9. The number of allylic oxidation sites excluding steroid dienone is 6. The van der Waals surface area contributed by atoms with Crippen LogP contribution in [0.15, 0.2) is 95.0 Å². The highest BCUT2D eigenvalue weighted by molar-refractivity contribution is 6.21. The molecule has 8 nitrogen and oxygen atoms in total. The number of halogens is 3. The first-order chi connectivity index (χ1) is 21.9.